The van der Waals surface area contributed by atoms with Crippen LogP contribution in [0, 0.1) is 11.5 Å². The number of aromatic nitrogens is 1. The molecule has 0 radical (unpaired) electrons. The lowest BCUT2D eigenvalue weighted by Gasteiger charge is -2.02. The second kappa shape index (κ2) is 8.42. The summed E-state index contributed by atoms with van der Waals surface area (Å²) in [7, 11) is 1.73. The van der Waals surface area contributed by atoms with Crippen LogP contribution in [0.25, 0.3) is 0 Å². The summed E-state index contributed by atoms with van der Waals surface area (Å²) in [5.41, 5.74) is 1.26. The molecule has 17 heavy (non-hydrogen) atoms. The largest absolute Gasteiger partial charge is 0.359 e. The summed E-state index contributed by atoms with van der Waals surface area (Å²) in [6.45, 7) is 0.681. The molecule has 5 nitrogen and oxygen atoms in total. The smallest absolute Gasteiger partial charge is 0.204 e. The zero-order chi connectivity index (χ0) is 12.3. The van der Waals surface area contributed by atoms with Gasteiger partial charge in [0, 0.05) is 30.9 Å². The summed E-state index contributed by atoms with van der Waals surface area (Å²) >= 11 is 1.80. The molecule has 90 valence electrons. The first-order valence-electron chi connectivity index (χ1n) is 5.20. The molecule has 6 heteroatoms. The van der Waals surface area contributed by atoms with Crippen LogP contribution in [0.15, 0.2) is 29.5 Å². The molecule has 0 saturated carbocycles. The van der Waals surface area contributed by atoms with Gasteiger partial charge in [0.15, 0.2) is 6.19 Å². The van der Waals surface area contributed by atoms with Crippen molar-refractivity contribution in [2.24, 2.45) is 4.99 Å². The Labute approximate surface area is 105 Å². The van der Waals surface area contributed by atoms with E-state index in [1.54, 1.807) is 31.2 Å². The molecular formula is C11H15N5S. The standard InChI is InChI=1S/C11H15N5S/c1-13-11(16-9-12)15-6-7-17-8-10-2-4-14-5-3-10/h2-5H,6-8H2,1H3,(H2,13,15,16). The highest BCUT2D eigenvalue weighted by Gasteiger charge is 1.94. The Kier molecular flexibility index (Phi) is 6.60. The van der Waals surface area contributed by atoms with Crippen molar-refractivity contribution < 1.29 is 0 Å². The first kappa shape index (κ1) is 13.3. The van der Waals surface area contributed by atoms with Crippen molar-refractivity contribution >= 4 is 17.7 Å². The van der Waals surface area contributed by atoms with Gasteiger partial charge >= 0.3 is 0 Å². The zero-order valence-electron chi connectivity index (χ0n) is 9.68. The van der Waals surface area contributed by atoms with Crippen LogP contribution in [-0.2, 0) is 5.75 Å². The Bertz CT molecular complexity index is 385. The van der Waals surface area contributed by atoms with Crippen LogP contribution in [0.3, 0.4) is 0 Å². The molecule has 0 aliphatic heterocycles. The predicted molar refractivity (Wildman–Crippen MR) is 70.5 cm³/mol. The number of hydrogen-bond acceptors (Lipinski definition) is 4. The molecule has 0 unspecified atom stereocenters. The van der Waals surface area contributed by atoms with Gasteiger partial charge in [-0.2, -0.15) is 17.0 Å². The quantitative estimate of drug-likeness (QED) is 0.267. The van der Waals surface area contributed by atoms with Crippen LogP contribution < -0.4 is 10.6 Å². The summed E-state index contributed by atoms with van der Waals surface area (Å²) in [5, 5.41) is 13.7. The van der Waals surface area contributed by atoms with Gasteiger partial charge in [-0.3, -0.25) is 15.3 Å². The van der Waals surface area contributed by atoms with E-state index in [9.17, 15) is 0 Å². The maximum atomic E-state index is 8.43. The molecule has 0 amide bonds. The van der Waals surface area contributed by atoms with Crippen molar-refractivity contribution in [3.05, 3.63) is 30.1 Å². The lowest BCUT2D eigenvalue weighted by Crippen LogP contribution is -2.31. The number of rotatable bonds is 5. The van der Waals surface area contributed by atoms with Gasteiger partial charge in [-0.05, 0) is 17.7 Å². The Morgan fingerprint density at radius 1 is 1.53 bits per heavy atom. The fourth-order valence-electron chi connectivity index (χ4n) is 1.13. The van der Waals surface area contributed by atoms with Gasteiger partial charge in [0.1, 0.15) is 0 Å². The van der Waals surface area contributed by atoms with Crippen molar-refractivity contribution in [3.8, 4) is 6.19 Å². The van der Waals surface area contributed by atoms with E-state index in [-0.39, 0.29) is 0 Å². The number of hydrogen-bond donors (Lipinski definition) is 2. The molecule has 0 aliphatic rings. The normalized spacial score (nSPS) is 10.7. The molecule has 0 saturated heterocycles. The van der Waals surface area contributed by atoms with Crippen LogP contribution >= 0.6 is 11.8 Å². The number of aliphatic imine (C=N–C) groups is 1. The van der Waals surface area contributed by atoms with Crippen LogP contribution in [0.4, 0.5) is 0 Å². The van der Waals surface area contributed by atoms with Gasteiger partial charge in [-0.25, -0.2) is 0 Å². The number of nitrogens with one attached hydrogen (secondary N) is 2. The van der Waals surface area contributed by atoms with Gasteiger partial charge in [-0.15, -0.1) is 0 Å². The maximum Gasteiger partial charge on any atom is 0.204 e. The summed E-state index contributed by atoms with van der Waals surface area (Å²) < 4.78 is 0. The third-order valence-electron chi connectivity index (χ3n) is 1.93. The third kappa shape index (κ3) is 5.78. The molecule has 0 fully saturated rings. The van der Waals surface area contributed by atoms with Crippen molar-refractivity contribution in [3.63, 3.8) is 0 Å². The maximum absolute atomic E-state index is 8.43. The van der Waals surface area contributed by atoms with E-state index < -0.39 is 0 Å². The highest BCUT2D eigenvalue weighted by atomic mass is 32.2. The van der Waals surface area contributed by atoms with E-state index in [0.717, 1.165) is 11.5 Å². The van der Waals surface area contributed by atoms with Gasteiger partial charge in [0.25, 0.3) is 0 Å². The van der Waals surface area contributed by atoms with Crippen molar-refractivity contribution in [1.29, 1.82) is 5.26 Å². The highest BCUT2D eigenvalue weighted by molar-refractivity contribution is 7.98. The first-order valence-corrected chi connectivity index (χ1v) is 6.36. The summed E-state index contributed by atoms with van der Waals surface area (Å²) in [6.07, 6.45) is 5.42. The lowest BCUT2D eigenvalue weighted by molar-refractivity contribution is 1.01. The number of pyridine rings is 1. The fraction of sp³-hybridized carbons (Fsp3) is 0.364. The van der Waals surface area contributed by atoms with Crippen molar-refractivity contribution in [1.82, 2.24) is 15.6 Å². The summed E-state index contributed by atoms with van der Waals surface area (Å²) in [5.74, 6) is 2.39. The second-order valence-electron chi connectivity index (χ2n) is 3.13. The molecule has 1 aromatic heterocycles. The molecule has 0 aromatic carbocycles. The van der Waals surface area contributed by atoms with Crippen LogP contribution in [0.1, 0.15) is 5.56 Å². The van der Waals surface area contributed by atoms with Crippen molar-refractivity contribution in [2.75, 3.05) is 19.3 Å². The highest BCUT2D eigenvalue weighted by Crippen LogP contribution is 2.10. The fourth-order valence-corrected chi connectivity index (χ4v) is 1.92. The minimum absolute atomic E-state index is 0.511. The topological polar surface area (TPSA) is 73.1 Å². The molecule has 0 aliphatic carbocycles. The van der Waals surface area contributed by atoms with Crippen LogP contribution in [-0.4, -0.2) is 30.3 Å². The Morgan fingerprint density at radius 2 is 2.29 bits per heavy atom. The molecule has 1 aromatic rings. The summed E-state index contributed by atoms with van der Waals surface area (Å²) in [4.78, 5) is 8.17. The average molecular weight is 249 g/mol. The molecule has 0 bridgehead atoms. The first-order chi connectivity index (χ1) is 8.36. The van der Waals surface area contributed by atoms with E-state index in [2.05, 4.69) is 20.6 Å². The molecule has 0 spiro atoms. The van der Waals surface area contributed by atoms with Gasteiger partial charge in [0.2, 0.25) is 5.96 Å². The number of thioether (sulfide) groups is 1. The Hall–Kier alpha value is -1.74. The number of nitrogens with zero attached hydrogens (tertiary/aromatic N) is 3. The monoisotopic (exact) mass is 249 g/mol. The van der Waals surface area contributed by atoms with E-state index >= 15 is 0 Å². The average Bonchev–Trinajstić information content (AvgIpc) is 2.38. The molecule has 1 heterocycles. The van der Waals surface area contributed by atoms with Crippen LogP contribution in [0.5, 0.6) is 0 Å². The van der Waals surface area contributed by atoms with Gasteiger partial charge in [0.05, 0.1) is 6.54 Å². The predicted octanol–water partition coefficient (Wildman–Crippen LogP) is 0.961. The van der Waals surface area contributed by atoms with Crippen molar-refractivity contribution in [2.45, 2.75) is 5.75 Å². The molecular weight excluding hydrogens is 234 g/mol. The minimum Gasteiger partial charge on any atom is -0.359 e. The Morgan fingerprint density at radius 3 is 2.94 bits per heavy atom. The zero-order valence-corrected chi connectivity index (χ0v) is 10.5. The van der Waals surface area contributed by atoms with E-state index in [4.69, 9.17) is 5.26 Å². The van der Waals surface area contributed by atoms with Gasteiger partial charge < -0.3 is 5.32 Å². The SMILES string of the molecule is CN/C(=N/CCSCc1ccncc1)NC#N. The van der Waals surface area contributed by atoms with Crippen LogP contribution in [0.2, 0.25) is 0 Å². The Balaban J connectivity index is 2.18. The second-order valence-corrected chi connectivity index (χ2v) is 4.23. The minimum atomic E-state index is 0.511. The number of guanidine groups is 1. The lowest BCUT2D eigenvalue weighted by atomic mass is 10.3. The van der Waals surface area contributed by atoms with E-state index in [0.29, 0.717) is 12.5 Å². The summed E-state index contributed by atoms with van der Waals surface area (Å²) in [6, 6.07) is 4.01. The van der Waals surface area contributed by atoms with Gasteiger partial charge in [-0.1, -0.05) is 0 Å². The molecule has 0 atom stereocenters. The number of nitriles is 1. The van der Waals surface area contributed by atoms with E-state index in [1.807, 2.05) is 18.3 Å². The van der Waals surface area contributed by atoms with E-state index in [1.165, 1.54) is 5.56 Å². The third-order valence-corrected chi connectivity index (χ3v) is 2.94. The molecule has 2 N–H and O–H groups in total. The molecule has 1 rings (SSSR count).